The first kappa shape index (κ1) is 21.1. The summed E-state index contributed by atoms with van der Waals surface area (Å²) in [6.07, 6.45) is -0.149. The van der Waals surface area contributed by atoms with Crippen LogP contribution in [0.4, 0.5) is 11.5 Å². The summed E-state index contributed by atoms with van der Waals surface area (Å²) in [4.78, 5) is 45.1. The van der Waals surface area contributed by atoms with Gasteiger partial charge in [0.25, 0.3) is 5.56 Å². The Morgan fingerprint density at radius 2 is 1.94 bits per heavy atom. The molecular weight excluding hydrogens is 436 g/mol. The lowest BCUT2D eigenvalue weighted by Crippen LogP contribution is -2.36. The number of nitrogens with zero attached hydrogens (tertiary/aromatic N) is 1. The fraction of sp³-hybridized carbons (Fsp3) is 0.182. The summed E-state index contributed by atoms with van der Waals surface area (Å²) < 4.78 is 0. The Hall–Kier alpha value is -3.10. The van der Waals surface area contributed by atoms with E-state index in [-0.39, 0.29) is 23.7 Å². The molecule has 0 bridgehead atoms. The van der Waals surface area contributed by atoms with E-state index in [1.54, 1.807) is 24.3 Å². The van der Waals surface area contributed by atoms with Crippen molar-refractivity contribution in [3.8, 4) is 0 Å². The van der Waals surface area contributed by atoms with E-state index in [1.807, 2.05) is 31.2 Å². The van der Waals surface area contributed by atoms with Crippen LogP contribution in [-0.2, 0) is 15.3 Å². The zero-order valence-corrected chi connectivity index (χ0v) is 18.1. The van der Waals surface area contributed by atoms with Crippen molar-refractivity contribution in [1.29, 1.82) is 0 Å². The van der Waals surface area contributed by atoms with Gasteiger partial charge in [0.05, 0.1) is 22.2 Å². The van der Waals surface area contributed by atoms with Crippen LogP contribution in [0.25, 0.3) is 0 Å². The second-order valence-electron chi connectivity index (χ2n) is 7.12. The van der Waals surface area contributed by atoms with E-state index < -0.39 is 17.4 Å². The van der Waals surface area contributed by atoms with E-state index in [4.69, 9.17) is 11.6 Å². The zero-order chi connectivity index (χ0) is 22.0. The Labute approximate surface area is 187 Å². The van der Waals surface area contributed by atoms with E-state index in [9.17, 15) is 14.4 Å². The molecule has 9 heteroatoms. The summed E-state index contributed by atoms with van der Waals surface area (Å²) in [7, 11) is 0. The number of H-pyrrole nitrogens is 1. The number of hydrogen-bond acceptors (Lipinski definition) is 5. The van der Waals surface area contributed by atoms with Gasteiger partial charge in [0.1, 0.15) is 5.82 Å². The van der Waals surface area contributed by atoms with Gasteiger partial charge in [0, 0.05) is 12.2 Å². The molecule has 0 aliphatic carbocycles. The molecule has 7 nitrogen and oxygen atoms in total. The van der Waals surface area contributed by atoms with Gasteiger partial charge in [-0.25, -0.2) is 4.98 Å². The number of amides is 2. The van der Waals surface area contributed by atoms with Crippen molar-refractivity contribution in [3.05, 3.63) is 80.6 Å². The fourth-order valence-corrected chi connectivity index (χ4v) is 4.46. The smallest absolute Gasteiger partial charge is 0.257 e. The summed E-state index contributed by atoms with van der Waals surface area (Å²) in [5, 5.41) is 6.06. The van der Waals surface area contributed by atoms with Crippen LogP contribution in [0, 0.1) is 6.92 Å². The third-order valence-corrected chi connectivity index (χ3v) is 6.25. The first-order valence-electron chi connectivity index (χ1n) is 9.59. The fourth-order valence-electron chi connectivity index (χ4n) is 3.34. The van der Waals surface area contributed by atoms with Crippen molar-refractivity contribution in [2.24, 2.45) is 0 Å². The third-order valence-electron chi connectivity index (χ3n) is 5.00. The van der Waals surface area contributed by atoms with E-state index in [0.717, 1.165) is 11.1 Å². The number of anilines is 2. The molecule has 0 saturated heterocycles. The van der Waals surface area contributed by atoms with Gasteiger partial charge in [-0.05, 0) is 30.2 Å². The van der Waals surface area contributed by atoms with Crippen molar-refractivity contribution in [2.45, 2.75) is 30.2 Å². The summed E-state index contributed by atoms with van der Waals surface area (Å²) >= 11 is 7.46. The SMILES string of the molecule is Cc1ccccc1CSc1nc2c(c(=O)[nH]1)[C@H](C(=O)Nc1ccccc1Cl)CC(=O)N2. The highest BCUT2D eigenvalue weighted by Crippen LogP contribution is 2.32. The number of thioether (sulfide) groups is 1. The molecule has 0 radical (unpaired) electrons. The summed E-state index contributed by atoms with van der Waals surface area (Å²) in [6.45, 7) is 2.02. The lowest BCUT2D eigenvalue weighted by molar-refractivity contribution is -0.123. The number of rotatable bonds is 5. The number of hydrogen-bond donors (Lipinski definition) is 3. The maximum absolute atomic E-state index is 12.9. The first-order chi connectivity index (χ1) is 14.9. The number of fused-ring (bicyclic) bond motifs is 1. The molecule has 0 saturated carbocycles. The predicted octanol–water partition coefficient (Wildman–Crippen LogP) is 4.09. The summed E-state index contributed by atoms with van der Waals surface area (Å²) in [5.41, 5.74) is 2.37. The van der Waals surface area contributed by atoms with Gasteiger partial charge >= 0.3 is 0 Å². The molecule has 31 heavy (non-hydrogen) atoms. The van der Waals surface area contributed by atoms with Crippen LogP contribution in [0.15, 0.2) is 58.5 Å². The molecule has 0 spiro atoms. The number of para-hydroxylation sites is 1. The molecule has 158 valence electrons. The van der Waals surface area contributed by atoms with Crippen LogP contribution in [0.1, 0.15) is 29.0 Å². The van der Waals surface area contributed by atoms with E-state index >= 15 is 0 Å². The van der Waals surface area contributed by atoms with E-state index in [1.165, 1.54) is 11.8 Å². The number of aryl methyl sites for hydroxylation is 1. The van der Waals surface area contributed by atoms with Crippen molar-refractivity contribution in [3.63, 3.8) is 0 Å². The highest BCUT2D eigenvalue weighted by Gasteiger charge is 2.35. The highest BCUT2D eigenvalue weighted by molar-refractivity contribution is 7.98. The number of nitrogens with one attached hydrogen (secondary N) is 3. The van der Waals surface area contributed by atoms with Crippen LogP contribution in [-0.4, -0.2) is 21.8 Å². The summed E-state index contributed by atoms with van der Waals surface area (Å²) in [6, 6.07) is 14.7. The number of aromatic nitrogens is 2. The molecular formula is C22H19ClN4O3S. The zero-order valence-electron chi connectivity index (χ0n) is 16.6. The van der Waals surface area contributed by atoms with Gasteiger partial charge in [-0.1, -0.05) is 59.8 Å². The van der Waals surface area contributed by atoms with E-state index in [2.05, 4.69) is 20.6 Å². The number of carbonyl (C=O) groups excluding carboxylic acids is 2. The lowest BCUT2D eigenvalue weighted by Gasteiger charge is -2.23. The normalized spacial score (nSPS) is 15.2. The van der Waals surface area contributed by atoms with Crippen molar-refractivity contribution in [1.82, 2.24) is 9.97 Å². The number of carbonyl (C=O) groups is 2. The molecule has 3 aromatic rings. The molecule has 2 amide bonds. The molecule has 4 rings (SSSR count). The minimum absolute atomic E-state index is 0.117. The molecule has 2 aromatic carbocycles. The first-order valence-corrected chi connectivity index (χ1v) is 11.0. The predicted molar refractivity (Wildman–Crippen MR) is 122 cm³/mol. The maximum Gasteiger partial charge on any atom is 0.257 e. The molecule has 1 aromatic heterocycles. The van der Waals surface area contributed by atoms with Crippen molar-refractivity contribution in [2.75, 3.05) is 10.6 Å². The Balaban J connectivity index is 1.59. The minimum atomic E-state index is -0.966. The molecule has 0 fully saturated rings. The van der Waals surface area contributed by atoms with Gasteiger partial charge in [-0.2, -0.15) is 0 Å². The van der Waals surface area contributed by atoms with Gasteiger partial charge in [-0.3, -0.25) is 14.4 Å². The minimum Gasteiger partial charge on any atom is -0.324 e. The lowest BCUT2D eigenvalue weighted by atomic mass is 9.92. The number of aromatic amines is 1. The molecule has 1 atom stereocenters. The molecule has 0 unspecified atom stereocenters. The van der Waals surface area contributed by atoms with Crippen molar-refractivity contribution < 1.29 is 9.59 Å². The molecule has 3 N–H and O–H groups in total. The second kappa shape index (κ2) is 8.95. The Bertz CT molecular complexity index is 1230. The molecule has 1 aliphatic heterocycles. The quantitative estimate of drug-likeness (QED) is 0.398. The van der Waals surface area contributed by atoms with Crippen molar-refractivity contribution >= 4 is 46.7 Å². The topological polar surface area (TPSA) is 104 Å². The Morgan fingerprint density at radius 3 is 2.71 bits per heavy atom. The third kappa shape index (κ3) is 4.65. The average Bonchev–Trinajstić information content (AvgIpc) is 2.74. The highest BCUT2D eigenvalue weighted by atomic mass is 35.5. The van der Waals surface area contributed by atoms with Crippen LogP contribution >= 0.6 is 23.4 Å². The average molecular weight is 455 g/mol. The van der Waals surface area contributed by atoms with Crippen LogP contribution in [0.3, 0.4) is 0 Å². The molecule has 1 aliphatic rings. The van der Waals surface area contributed by atoms with Gasteiger partial charge in [0.2, 0.25) is 11.8 Å². The number of benzene rings is 2. The summed E-state index contributed by atoms with van der Waals surface area (Å²) in [5.74, 6) is -1.10. The standard InChI is InChI=1S/C22H19ClN4O3S/c1-12-6-2-3-7-13(12)11-31-22-26-19-18(21(30)27-22)14(10-17(28)25-19)20(29)24-16-9-5-4-8-15(16)23/h2-9,14H,10-11H2,1H3,(H,24,29)(H2,25,26,27,28,30)/t14-/m1/s1. The van der Waals surface area contributed by atoms with Gasteiger partial charge in [-0.15, -0.1) is 0 Å². The Kier molecular flexibility index (Phi) is 6.11. The van der Waals surface area contributed by atoms with Gasteiger partial charge < -0.3 is 15.6 Å². The van der Waals surface area contributed by atoms with Crippen LogP contribution in [0.5, 0.6) is 0 Å². The van der Waals surface area contributed by atoms with E-state index in [0.29, 0.717) is 21.6 Å². The largest absolute Gasteiger partial charge is 0.324 e. The second-order valence-corrected chi connectivity index (χ2v) is 8.49. The Morgan fingerprint density at radius 1 is 1.19 bits per heavy atom. The van der Waals surface area contributed by atoms with Gasteiger partial charge in [0.15, 0.2) is 5.16 Å². The monoisotopic (exact) mass is 454 g/mol. The maximum atomic E-state index is 12.9. The molecule has 2 heterocycles. The van der Waals surface area contributed by atoms with Crippen LogP contribution in [0.2, 0.25) is 5.02 Å². The van der Waals surface area contributed by atoms with Crippen LogP contribution < -0.4 is 16.2 Å². The number of halogens is 1.